The van der Waals surface area contributed by atoms with Crippen LogP contribution in [-0.2, 0) is 0 Å². The molecule has 1 rings (SSSR count). The second-order valence-electron chi connectivity index (χ2n) is 8.55. The van der Waals surface area contributed by atoms with Crippen LogP contribution in [0, 0.1) is 11.3 Å². The van der Waals surface area contributed by atoms with Gasteiger partial charge in [0.1, 0.15) is 0 Å². The van der Waals surface area contributed by atoms with Gasteiger partial charge < -0.3 is 4.90 Å². The van der Waals surface area contributed by atoms with E-state index in [0.29, 0.717) is 11.3 Å². The molecule has 0 spiro atoms. The lowest BCUT2D eigenvalue weighted by Gasteiger charge is -2.19. The summed E-state index contributed by atoms with van der Waals surface area (Å²) in [7, 11) is 4.14. The molecule has 0 N–H and O–H groups in total. The second kappa shape index (κ2) is 12.0. The first-order valence-electron chi connectivity index (χ1n) is 9.63. The zero-order valence-corrected chi connectivity index (χ0v) is 18.0. The van der Waals surface area contributed by atoms with Gasteiger partial charge >= 0.3 is 0 Å². The molecule has 1 atom stereocenters. The van der Waals surface area contributed by atoms with Gasteiger partial charge in [0.05, 0.1) is 0 Å². The summed E-state index contributed by atoms with van der Waals surface area (Å²) in [6, 6.07) is 0. The molecule has 1 nitrogen and oxygen atoms in total. The minimum atomic E-state index is 0.334. The lowest BCUT2D eigenvalue weighted by Crippen LogP contribution is -2.09. The van der Waals surface area contributed by atoms with Crippen LogP contribution in [0.25, 0.3) is 0 Å². The van der Waals surface area contributed by atoms with Gasteiger partial charge in [-0.3, -0.25) is 0 Å². The quantitative estimate of drug-likeness (QED) is 0.457. The molecule has 0 aromatic carbocycles. The lowest BCUT2D eigenvalue weighted by molar-refractivity contribution is 0.413. The van der Waals surface area contributed by atoms with Crippen LogP contribution in [0.3, 0.4) is 0 Å². The molecule has 0 heterocycles. The Kier molecular flexibility index (Phi) is 11.2. The molecule has 1 aliphatic rings. The van der Waals surface area contributed by atoms with Gasteiger partial charge in [-0.15, -0.1) is 0 Å². The largest absolute Gasteiger partial charge is 0.378 e. The van der Waals surface area contributed by atoms with Crippen molar-refractivity contribution in [3.63, 3.8) is 0 Å². The molecule has 0 aromatic heterocycles. The highest BCUT2D eigenvalue weighted by Crippen LogP contribution is 2.25. The van der Waals surface area contributed by atoms with Gasteiger partial charge in [-0.1, -0.05) is 83.6 Å². The van der Waals surface area contributed by atoms with E-state index in [4.69, 9.17) is 0 Å². The van der Waals surface area contributed by atoms with E-state index < -0.39 is 0 Å². The van der Waals surface area contributed by atoms with Crippen LogP contribution in [0.5, 0.6) is 0 Å². The normalized spacial score (nSPS) is 16.2. The SMILES string of the molecule is C=C(C)/C=C(\C=C/C(C)CC)CC(C)(C)C.CN(C)C1=CCCC=C1. The Morgan fingerprint density at radius 1 is 1.28 bits per heavy atom. The summed E-state index contributed by atoms with van der Waals surface area (Å²) in [6.07, 6.45) is 18.1. The molecule has 0 saturated heterocycles. The summed E-state index contributed by atoms with van der Waals surface area (Å²) in [6.45, 7) is 17.3. The number of nitrogens with zero attached hydrogens (tertiary/aromatic N) is 1. The van der Waals surface area contributed by atoms with E-state index in [2.05, 4.69) is 104 Å². The Morgan fingerprint density at radius 2 is 1.92 bits per heavy atom. The van der Waals surface area contributed by atoms with E-state index in [9.17, 15) is 0 Å². The predicted molar refractivity (Wildman–Crippen MR) is 116 cm³/mol. The van der Waals surface area contributed by atoms with E-state index in [-0.39, 0.29) is 0 Å². The molecule has 0 radical (unpaired) electrons. The van der Waals surface area contributed by atoms with Crippen molar-refractivity contribution in [2.24, 2.45) is 11.3 Å². The van der Waals surface area contributed by atoms with E-state index in [0.717, 1.165) is 12.0 Å². The maximum atomic E-state index is 3.96. The third-order valence-corrected chi connectivity index (χ3v) is 3.94. The van der Waals surface area contributed by atoms with Crippen molar-refractivity contribution in [2.75, 3.05) is 14.1 Å². The molecule has 0 bridgehead atoms. The van der Waals surface area contributed by atoms with Crippen LogP contribution in [0.15, 0.2) is 59.9 Å². The first kappa shape index (κ1) is 23.5. The summed E-state index contributed by atoms with van der Waals surface area (Å²) in [5.74, 6) is 0.661. The van der Waals surface area contributed by atoms with Crippen LogP contribution in [-0.4, -0.2) is 19.0 Å². The average molecular weight is 344 g/mol. The van der Waals surface area contributed by atoms with Gasteiger partial charge in [-0.2, -0.15) is 0 Å². The molecule has 1 aliphatic carbocycles. The minimum absolute atomic E-state index is 0.334. The van der Waals surface area contributed by atoms with Crippen LogP contribution < -0.4 is 0 Å². The molecule has 0 aromatic rings. The minimum Gasteiger partial charge on any atom is -0.378 e. The zero-order chi connectivity index (χ0) is 19.5. The topological polar surface area (TPSA) is 3.24 Å². The fraction of sp³-hybridized carbons (Fsp3) is 0.583. The molecule has 25 heavy (non-hydrogen) atoms. The van der Waals surface area contributed by atoms with E-state index in [1.807, 2.05) is 0 Å². The monoisotopic (exact) mass is 343 g/mol. The molecule has 1 heteroatoms. The van der Waals surface area contributed by atoms with E-state index in [1.165, 1.54) is 30.5 Å². The third-order valence-electron chi connectivity index (χ3n) is 3.94. The first-order valence-corrected chi connectivity index (χ1v) is 9.63. The summed E-state index contributed by atoms with van der Waals surface area (Å²) < 4.78 is 0. The van der Waals surface area contributed by atoms with Gasteiger partial charge in [0.15, 0.2) is 0 Å². The molecular weight excluding hydrogens is 302 g/mol. The summed E-state index contributed by atoms with van der Waals surface area (Å²) >= 11 is 0. The number of rotatable bonds is 6. The summed E-state index contributed by atoms with van der Waals surface area (Å²) in [5.41, 5.74) is 4.19. The lowest BCUT2D eigenvalue weighted by atomic mass is 9.87. The molecule has 0 aliphatic heterocycles. The fourth-order valence-electron chi connectivity index (χ4n) is 2.44. The van der Waals surface area contributed by atoms with E-state index in [1.54, 1.807) is 0 Å². The Balaban J connectivity index is 0.000000535. The van der Waals surface area contributed by atoms with Gasteiger partial charge in [0.2, 0.25) is 0 Å². The van der Waals surface area contributed by atoms with Crippen LogP contribution >= 0.6 is 0 Å². The van der Waals surface area contributed by atoms with Crippen molar-refractivity contribution in [1.29, 1.82) is 0 Å². The summed E-state index contributed by atoms with van der Waals surface area (Å²) in [4.78, 5) is 2.13. The van der Waals surface area contributed by atoms with Gasteiger partial charge in [-0.05, 0) is 49.2 Å². The third kappa shape index (κ3) is 13.5. The smallest absolute Gasteiger partial charge is 0.0317 e. The highest BCUT2D eigenvalue weighted by Gasteiger charge is 2.11. The molecule has 142 valence electrons. The number of likely N-dealkylation sites (N-methyl/N-ethyl adjacent to an activating group) is 1. The number of hydrogen-bond acceptors (Lipinski definition) is 1. The molecule has 0 amide bonds. The average Bonchev–Trinajstić information content (AvgIpc) is 2.51. The Bertz CT molecular complexity index is 507. The standard InChI is InChI=1S/C16H28.C8H13N/c1-8-14(4)9-10-15(11-13(2)3)12-16(5,6)7;1-9(2)8-6-4-3-5-7-8/h9-11,14H,2,8,12H2,1,3-7H3;4,6-7H,3,5H2,1-2H3/b10-9-,15-11+;. The first-order chi connectivity index (χ1) is 11.5. The van der Waals surface area contributed by atoms with Gasteiger partial charge in [0.25, 0.3) is 0 Å². The maximum Gasteiger partial charge on any atom is 0.0317 e. The Hall–Kier alpha value is -1.50. The predicted octanol–water partition coefficient (Wildman–Crippen LogP) is 7.31. The number of hydrogen-bond donors (Lipinski definition) is 0. The summed E-state index contributed by atoms with van der Waals surface area (Å²) in [5, 5.41) is 0. The van der Waals surface area contributed by atoms with Gasteiger partial charge in [0, 0.05) is 19.8 Å². The second-order valence-corrected chi connectivity index (χ2v) is 8.55. The molecule has 0 fully saturated rings. The molecule has 1 unspecified atom stereocenters. The highest BCUT2D eigenvalue weighted by molar-refractivity contribution is 5.28. The molecule has 0 saturated carbocycles. The van der Waals surface area contributed by atoms with Crippen molar-refractivity contribution in [2.45, 2.75) is 67.2 Å². The van der Waals surface area contributed by atoms with Crippen molar-refractivity contribution in [3.8, 4) is 0 Å². The fourth-order valence-corrected chi connectivity index (χ4v) is 2.44. The zero-order valence-electron chi connectivity index (χ0n) is 18.0. The van der Waals surface area contributed by atoms with Crippen molar-refractivity contribution in [1.82, 2.24) is 4.90 Å². The van der Waals surface area contributed by atoms with Crippen molar-refractivity contribution >= 4 is 0 Å². The Labute approximate surface area is 157 Å². The van der Waals surface area contributed by atoms with Gasteiger partial charge in [-0.25, -0.2) is 0 Å². The van der Waals surface area contributed by atoms with Crippen molar-refractivity contribution < 1.29 is 0 Å². The van der Waals surface area contributed by atoms with Crippen LogP contribution in [0.4, 0.5) is 0 Å². The van der Waals surface area contributed by atoms with Crippen LogP contribution in [0.1, 0.15) is 67.2 Å². The van der Waals surface area contributed by atoms with Crippen LogP contribution in [0.2, 0.25) is 0 Å². The van der Waals surface area contributed by atoms with E-state index >= 15 is 0 Å². The highest BCUT2D eigenvalue weighted by atomic mass is 15.1. The Morgan fingerprint density at radius 3 is 2.28 bits per heavy atom. The molecular formula is C24H41N. The maximum absolute atomic E-state index is 3.96. The van der Waals surface area contributed by atoms with Crippen molar-refractivity contribution in [3.05, 3.63) is 59.9 Å². The number of allylic oxidation sites excluding steroid dienone is 8.